The van der Waals surface area contributed by atoms with Gasteiger partial charge < -0.3 is 5.73 Å². The summed E-state index contributed by atoms with van der Waals surface area (Å²) in [6, 6.07) is 8.38. The summed E-state index contributed by atoms with van der Waals surface area (Å²) >= 11 is 1.44. The summed E-state index contributed by atoms with van der Waals surface area (Å²) in [5.41, 5.74) is 10.9. The van der Waals surface area contributed by atoms with Crippen LogP contribution in [0.2, 0.25) is 0 Å². The highest BCUT2D eigenvalue weighted by atomic mass is 32.1. The minimum Gasteiger partial charge on any atom is -0.383 e. The Bertz CT molecular complexity index is 617. The van der Waals surface area contributed by atoms with Crippen molar-refractivity contribution < 1.29 is 0 Å². The molecule has 0 radical (unpaired) electrons. The first-order chi connectivity index (χ1) is 11.2. The molecule has 0 saturated heterocycles. The summed E-state index contributed by atoms with van der Waals surface area (Å²) in [5.74, 6) is 0.517. The quantitative estimate of drug-likeness (QED) is 0.542. The monoisotopic (exact) mass is 331 g/mol. The van der Waals surface area contributed by atoms with E-state index >= 15 is 0 Å². The first-order valence-electron chi connectivity index (χ1n) is 8.03. The van der Waals surface area contributed by atoms with E-state index in [1.807, 2.05) is 12.3 Å². The number of nitrogens with zero attached hydrogens (tertiary/aromatic N) is 3. The maximum Gasteiger partial charge on any atom is 0.205 e. The van der Waals surface area contributed by atoms with Gasteiger partial charge in [0.05, 0.1) is 6.21 Å². The molecule has 124 valence electrons. The maximum absolute atomic E-state index is 5.60. The second-order valence-corrected chi connectivity index (χ2v) is 6.28. The van der Waals surface area contributed by atoms with Crippen LogP contribution in [0.1, 0.15) is 37.8 Å². The van der Waals surface area contributed by atoms with E-state index in [0.29, 0.717) is 10.9 Å². The summed E-state index contributed by atoms with van der Waals surface area (Å²) in [5, 5.41) is 6.78. The highest BCUT2D eigenvalue weighted by Gasteiger charge is 2.06. The molecule has 0 amide bonds. The molecule has 6 heteroatoms. The highest BCUT2D eigenvalue weighted by Crippen LogP contribution is 2.16. The van der Waals surface area contributed by atoms with E-state index in [2.05, 4.69) is 52.5 Å². The van der Waals surface area contributed by atoms with Crippen LogP contribution < -0.4 is 11.2 Å². The van der Waals surface area contributed by atoms with E-state index in [9.17, 15) is 0 Å². The van der Waals surface area contributed by atoms with Gasteiger partial charge in [0.25, 0.3) is 0 Å². The lowest BCUT2D eigenvalue weighted by Gasteiger charge is -2.21. The fourth-order valence-electron chi connectivity index (χ4n) is 2.44. The molecular formula is C17H25N5S. The average molecular weight is 331 g/mol. The topological polar surface area (TPSA) is 66.5 Å². The number of rotatable bonds is 9. The third-order valence-corrected chi connectivity index (χ3v) is 4.18. The number of hydrogen-bond donors (Lipinski definition) is 2. The molecule has 2 aromatic rings. The fraction of sp³-hybridized carbons (Fsp3) is 0.412. The smallest absolute Gasteiger partial charge is 0.205 e. The van der Waals surface area contributed by atoms with E-state index in [-0.39, 0.29) is 0 Å². The van der Waals surface area contributed by atoms with E-state index in [4.69, 9.17) is 5.73 Å². The van der Waals surface area contributed by atoms with Crippen LogP contribution in [0.4, 0.5) is 10.9 Å². The van der Waals surface area contributed by atoms with Gasteiger partial charge in [0.2, 0.25) is 5.13 Å². The number of benzene rings is 1. The number of nitrogen functional groups attached to an aromatic ring is 1. The van der Waals surface area contributed by atoms with Gasteiger partial charge in [-0.2, -0.15) is 5.10 Å². The predicted molar refractivity (Wildman–Crippen MR) is 100 cm³/mol. The number of aromatic nitrogens is 1. The molecule has 2 rings (SSSR count). The largest absolute Gasteiger partial charge is 0.383 e. The van der Waals surface area contributed by atoms with Crippen LogP contribution in [0.25, 0.3) is 0 Å². The van der Waals surface area contributed by atoms with E-state index < -0.39 is 0 Å². The van der Waals surface area contributed by atoms with Gasteiger partial charge in [0, 0.05) is 11.9 Å². The average Bonchev–Trinajstić information content (AvgIpc) is 2.95. The van der Waals surface area contributed by atoms with E-state index in [1.165, 1.54) is 29.7 Å². The number of nitrogens with one attached hydrogen (secondary N) is 1. The zero-order chi connectivity index (χ0) is 16.5. The zero-order valence-corrected chi connectivity index (χ0v) is 14.6. The van der Waals surface area contributed by atoms with Crippen LogP contribution >= 0.6 is 11.3 Å². The van der Waals surface area contributed by atoms with Gasteiger partial charge in [-0.1, -0.05) is 38.1 Å². The minimum absolute atomic E-state index is 0.517. The lowest BCUT2D eigenvalue weighted by Crippen LogP contribution is -2.25. The SMILES string of the molecule is CCCN(CCC)Cc1ccccc1C=NNc1nc(N)cs1. The van der Waals surface area contributed by atoms with Gasteiger partial charge in [-0.3, -0.25) is 10.3 Å². The Morgan fingerprint density at radius 1 is 1.26 bits per heavy atom. The van der Waals surface area contributed by atoms with E-state index in [0.717, 1.165) is 25.2 Å². The molecule has 0 spiro atoms. The number of hydrazone groups is 1. The van der Waals surface area contributed by atoms with Crippen molar-refractivity contribution in [1.82, 2.24) is 9.88 Å². The van der Waals surface area contributed by atoms with Gasteiger partial charge in [-0.05, 0) is 37.1 Å². The van der Waals surface area contributed by atoms with Crippen LogP contribution in [-0.2, 0) is 6.54 Å². The lowest BCUT2D eigenvalue weighted by atomic mass is 10.1. The number of anilines is 2. The molecule has 1 aromatic heterocycles. The molecule has 5 nitrogen and oxygen atoms in total. The molecule has 23 heavy (non-hydrogen) atoms. The molecule has 0 saturated carbocycles. The lowest BCUT2D eigenvalue weighted by molar-refractivity contribution is 0.266. The molecule has 1 heterocycles. The van der Waals surface area contributed by atoms with Gasteiger partial charge in [0.1, 0.15) is 5.82 Å². The second-order valence-electron chi connectivity index (χ2n) is 5.42. The molecule has 3 N–H and O–H groups in total. The Morgan fingerprint density at radius 3 is 2.65 bits per heavy atom. The van der Waals surface area contributed by atoms with Gasteiger partial charge in [-0.15, -0.1) is 11.3 Å². The number of nitrogens with two attached hydrogens (primary N) is 1. The Hall–Kier alpha value is -1.92. The molecular weight excluding hydrogens is 306 g/mol. The first-order valence-corrected chi connectivity index (χ1v) is 8.91. The van der Waals surface area contributed by atoms with Crippen molar-refractivity contribution >= 4 is 28.5 Å². The summed E-state index contributed by atoms with van der Waals surface area (Å²) in [7, 11) is 0. The first kappa shape index (κ1) is 17.4. The second kappa shape index (κ2) is 9.27. The number of thiazole rings is 1. The van der Waals surface area contributed by atoms with Crippen molar-refractivity contribution in [3.63, 3.8) is 0 Å². The van der Waals surface area contributed by atoms with Crippen molar-refractivity contribution in [2.45, 2.75) is 33.2 Å². The minimum atomic E-state index is 0.517. The van der Waals surface area contributed by atoms with Crippen molar-refractivity contribution in [2.75, 3.05) is 24.2 Å². The maximum atomic E-state index is 5.60. The normalized spacial score (nSPS) is 11.4. The van der Waals surface area contributed by atoms with Gasteiger partial charge in [-0.25, -0.2) is 4.98 Å². The van der Waals surface area contributed by atoms with E-state index in [1.54, 1.807) is 5.38 Å². The molecule has 0 atom stereocenters. The molecule has 0 aliphatic heterocycles. The summed E-state index contributed by atoms with van der Waals surface area (Å²) in [6.07, 6.45) is 4.19. The van der Waals surface area contributed by atoms with Crippen LogP contribution in [0, 0.1) is 0 Å². The van der Waals surface area contributed by atoms with Crippen LogP contribution in [0.3, 0.4) is 0 Å². The standard InChI is InChI=1S/C17H25N5S/c1-3-9-22(10-4-2)12-15-8-6-5-7-14(15)11-19-21-17-20-16(18)13-23-17/h5-8,11,13H,3-4,9-10,12,18H2,1-2H3,(H,20,21). The molecule has 0 aliphatic carbocycles. The Balaban J connectivity index is 2.04. The van der Waals surface area contributed by atoms with Crippen LogP contribution in [-0.4, -0.2) is 29.2 Å². The molecule has 0 aliphatic rings. The van der Waals surface area contributed by atoms with Crippen molar-refractivity contribution in [2.24, 2.45) is 5.10 Å². The van der Waals surface area contributed by atoms with Crippen LogP contribution in [0.5, 0.6) is 0 Å². The highest BCUT2D eigenvalue weighted by molar-refractivity contribution is 7.14. The molecule has 0 unspecified atom stereocenters. The third kappa shape index (κ3) is 5.65. The van der Waals surface area contributed by atoms with Crippen molar-refractivity contribution in [3.05, 3.63) is 40.8 Å². The van der Waals surface area contributed by atoms with Crippen molar-refractivity contribution in [3.8, 4) is 0 Å². The Labute approximate surface area is 142 Å². The summed E-state index contributed by atoms with van der Waals surface area (Å²) in [4.78, 5) is 6.61. The molecule has 0 fully saturated rings. The van der Waals surface area contributed by atoms with Gasteiger partial charge in [0.15, 0.2) is 0 Å². The molecule has 1 aromatic carbocycles. The van der Waals surface area contributed by atoms with Crippen molar-refractivity contribution in [1.29, 1.82) is 0 Å². The fourth-order valence-corrected chi connectivity index (χ4v) is 2.99. The van der Waals surface area contributed by atoms with Gasteiger partial charge >= 0.3 is 0 Å². The summed E-state index contributed by atoms with van der Waals surface area (Å²) in [6.45, 7) is 7.64. The third-order valence-electron chi connectivity index (χ3n) is 3.41. The number of hydrogen-bond acceptors (Lipinski definition) is 6. The Kier molecular flexibility index (Phi) is 7.03. The Morgan fingerprint density at radius 2 is 2.00 bits per heavy atom. The van der Waals surface area contributed by atoms with Crippen LogP contribution in [0.15, 0.2) is 34.7 Å². The predicted octanol–water partition coefficient (Wildman–Crippen LogP) is 3.79. The summed E-state index contributed by atoms with van der Waals surface area (Å²) < 4.78 is 0. The zero-order valence-electron chi connectivity index (χ0n) is 13.8. The molecule has 0 bridgehead atoms.